The Bertz CT molecular complexity index is 1160. The summed E-state index contributed by atoms with van der Waals surface area (Å²) in [4.78, 5) is 37.1. The first-order chi connectivity index (χ1) is 12.6. The number of rotatable bonds is 3. The third kappa shape index (κ3) is 3.12. The quantitative estimate of drug-likeness (QED) is 0.760. The molecule has 1 N–H and O–H groups in total. The SMILES string of the molecule is CC(C(=O)O)n1c(=O)n(-c2cccc(C(F)(F)F)c2)c(=O)c2ccccc21. The molecule has 3 rings (SSSR count). The van der Waals surface area contributed by atoms with Gasteiger partial charge in [0.1, 0.15) is 6.04 Å². The van der Waals surface area contributed by atoms with Crippen molar-refractivity contribution < 1.29 is 23.1 Å². The van der Waals surface area contributed by atoms with Crippen LogP contribution in [-0.2, 0) is 11.0 Å². The third-order valence-electron chi connectivity index (χ3n) is 4.17. The molecule has 0 aliphatic rings. The van der Waals surface area contributed by atoms with E-state index in [1.165, 1.54) is 37.3 Å². The van der Waals surface area contributed by atoms with E-state index >= 15 is 0 Å². The number of halogens is 3. The molecule has 0 fully saturated rings. The lowest BCUT2D eigenvalue weighted by molar-refractivity contribution is -0.140. The van der Waals surface area contributed by atoms with Crippen LogP contribution in [0.5, 0.6) is 0 Å². The zero-order valence-corrected chi connectivity index (χ0v) is 13.9. The van der Waals surface area contributed by atoms with Gasteiger partial charge in [0.2, 0.25) is 0 Å². The molecule has 0 saturated carbocycles. The van der Waals surface area contributed by atoms with Gasteiger partial charge in [0, 0.05) is 0 Å². The number of carboxylic acids is 1. The van der Waals surface area contributed by atoms with E-state index in [9.17, 15) is 32.7 Å². The summed E-state index contributed by atoms with van der Waals surface area (Å²) in [5.41, 5.74) is -3.10. The Morgan fingerprint density at radius 2 is 1.74 bits per heavy atom. The van der Waals surface area contributed by atoms with E-state index in [-0.39, 0.29) is 16.6 Å². The molecule has 0 spiro atoms. The number of nitrogens with zero attached hydrogens (tertiary/aromatic N) is 2. The van der Waals surface area contributed by atoms with Crippen LogP contribution >= 0.6 is 0 Å². The molecule has 3 aromatic rings. The van der Waals surface area contributed by atoms with Crippen molar-refractivity contribution in [3.05, 3.63) is 74.9 Å². The maximum Gasteiger partial charge on any atom is 0.416 e. The molecule has 0 aliphatic heterocycles. The molecule has 1 unspecified atom stereocenters. The van der Waals surface area contributed by atoms with Crippen LogP contribution in [0.3, 0.4) is 0 Å². The number of hydrogen-bond donors (Lipinski definition) is 1. The number of carbonyl (C=O) groups is 1. The van der Waals surface area contributed by atoms with Gasteiger partial charge in [0.15, 0.2) is 0 Å². The van der Waals surface area contributed by atoms with Gasteiger partial charge in [0.25, 0.3) is 5.56 Å². The first kappa shape index (κ1) is 18.4. The lowest BCUT2D eigenvalue weighted by Crippen LogP contribution is -2.41. The Hall–Kier alpha value is -3.36. The van der Waals surface area contributed by atoms with Crippen LogP contribution in [0.25, 0.3) is 16.6 Å². The van der Waals surface area contributed by atoms with Crippen LogP contribution in [0.2, 0.25) is 0 Å². The normalized spacial score (nSPS) is 12.9. The fourth-order valence-electron chi connectivity index (χ4n) is 2.82. The lowest BCUT2D eigenvalue weighted by Gasteiger charge is -2.17. The van der Waals surface area contributed by atoms with Gasteiger partial charge >= 0.3 is 17.8 Å². The Morgan fingerprint density at radius 3 is 2.37 bits per heavy atom. The van der Waals surface area contributed by atoms with Crippen molar-refractivity contribution >= 4 is 16.9 Å². The Morgan fingerprint density at radius 1 is 1.07 bits per heavy atom. The van der Waals surface area contributed by atoms with E-state index in [4.69, 9.17) is 0 Å². The molecule has 140 valence electrons. The summed E-state index contributed by atoms with van der Waals surface area (Å²) in [6, 6.07) is 8.25. The van der Waals surface area contributed by atoms with Gasteiger partial charge in [0.05, 0.1) is 22.2 Å². The maximum absolute atomic E-state index is 13.0. The predicted molar refractivity (Wildman–Crippen MR) is 91.2 cm³/mol. The minimum absolute atomic E-state index is 0.0163. The van der Waals surface area contributed by atoms with Crippen molar-refractivity contribution in [3.63, 3.8) is 0 Å². The molecule has 1 aromatic heterocycles. The minimum atomic E-state index is -4.66. The van der Waals surface area contributed by atoms with Crippen LogP contribution < -0.4 is 11.2 Å². The van der Waals surface area contributed by atoms with Gasteiger partial charge in [-0.1, -0.05) is 18.2 Å². The van der Waals surface area contributed by atoms with Gasteiger partial charge in [-0.2, -0.15) is 13.2 Å². The molecule has 0 aliphatic carbocycles. The molecule has 0 amide bonds. The highest BCUT2D eigenvalue weighted by Crippen LogP contribution is 2.30. The average Bonchev–Trinajstić information content (AvgIpc) is 2.61. The number of aromatic nitrogens is 2. The van der Waals surface area contributed by atoms with Crippen molar-refractivity contribution in [2.75, 3.05) is 0 Å². The van der Waals surface area contributed by atoms with Crippen molar-refractivity contribution in [1.29, 1.82) is 0 Å². The number of hydrogen-bond acceptors (Lipinski definition) is 3. The van der Waals surface area contributed by atoms with Crippen molar-refractivity contribution in [2.24, 2.45) is 0 Å². The molecule has 0 radical (unpaired) electrons. The molecular formula is C18H13F3N2O4. The zero-order chi connectivity index (χ0) is 19.9. The number of alkyl halides is 3. The van der Waals surface area contributed by atoms with E-state index in [1.54, 1.807) is 0 Å². The van der Waals surface area contributed by atoms with E-state index in [2.05, 4.69) is 0 Å². The fourth-order valence-corrected chi connectivity index (χ4v) is 2.82. The molecule has 1 atom stereocenters. The second-order valence-corrected chi connectivity index (χ2v) is 5.87. The Kier molecular flexibility index (Phi) is 4.38. The van der Waals surface area contributed by atoms with Crippen molar-refractivity contribution in [1.82, 2.24) is 9.13 Å². The van der Waals surface area contributed by atoms with Crippen LogP contribution in [0.1, 0.15) is 18.5 Å². The van der Waals surface area contributed by atoms with Gasteiger partial charge in [-0.25, -0.2) is 14.2 Å². The molecule has 9 heteroatoms. The molecule has 0 bridgehead atoms. The molecular weight excluding hydrogens is 365 g/mol. The van der Waals surface area contributed by atoms with E-state index < -0.39 is 35.0 Å². The van der Waals surface area contributed by atoms with E-state index in [0.717, 1.165) is 16.7 Å². The monoisotopic (exact) mass is 378 g/mol. The summed E-state index contributed by atoms with van der Waals surface area (Å²) >= 11 is 0. The van der Waals surface area contributed by atoms with Crippen molar-refractivity contribution in [2.45, 2.75) is 19.1 Å². The number of aliphatic carboxylic acids is 1. The van der Waals surface area contributed by atoms with Gasteiger partial charge in [-0.15, -0.1) is 0 Å². The highest BCUT2D eigenvalue weighted by Gasteiger charge is 2.31. The Labute approximate surface area is 149 Å². The van der Waals surface area contributed by atoms with E-state index in [0.29, 0.717) is 10.6 Å². The first-order valence-electron chi connectivity index (χ1n) is 7.79. The summed E-state index contributed by atoms with van der Waals surface area (Å²) in [5, 5.41) is 9.32. The zero-order valence-electron chi connectivity index (χ0n) is 13.9. The smallest absolute Gasteiger partial charge is 0.416 e. The standard InChI is InChI=1S/C18H13F3N2O4/c1-10(16(25)26)22-14-8-3-2-7-13(14)15(24)23(17(22)27)12-6-4-5-11(9-12)18(19,20)21/h2-10H,1H3,(H,25,26). The molecule has 6 nitrogen and oxygen atoms in total. The first-order valence-corrected chi connectivity index (χ1v) is 7.79. The summed E-state index contributed by atoms with van der Waals surface area (Å²) < 4.78 is 40.4. The van der Waals surface area contributed by atoms with Gasteiger partial charge in [-0.3, -0.25) is 9.36 Å². The molecule has 27 heavy (non-hydrogen) atoms. The highest BCUT2D eigenvalue weighted by molar-refractivity contribution is 5.81. The van der Waals surface area contributed by atoms with Crippen molar-refractivity contribution in [3.8, 4) is 5.69 Å². The molecule has 0 saturated heterocycles. The number of fused-ring (bicyclic) bond motifs is 1. The largest absolute Gasteiger partial charge is 0.480 e. The van der Waals surface area contributed by atoms with Crippen LogP contribution in [0, 0.1) is 0 Å². The second kappa shape index (κ2) is 6.42. The summed E-state index contributed by atoms with van der Waals surface area (Å²) in [6.07, 6.45) is -4.66. The predicted octanol–water partition coefficient (Wildman–Crippen LogP) is 2.82. The number of benzene rings is 2. The maximum atomic E-state index is 13.0. The highest BCUT2D eigenvalue weighted by atomic mass is 19.4. The van der Waals surface area contributed by atoms with Gasteiger partial charge in [-0.05, 0) is 37.3 Å². The Balaban J connectivity index is 2.44. The number of para-hydroxylation sites is 1. The lowest BCUT2D eigenvalue weighted by atomic mass is 10.1. The van der Waals surface area contributed by atoms with Crippen LogP contribution in [0.4, 0.5) is 13.2 Å². The molecule has 2 aromatic carbocycles. The fraction of sp³-hybridized carbons (Fsp3) is 0.167. The minimum Gasteiger partial charge on any atom is -0.480 e. The number of carboxylic acid groups (broad SMARTS) is 1. The second-order valence-electron chi connectivity index (χ2n) is 5.87. The summed E-state index contributed by atoms with van der Waals surface area (Å²) in [7, 11) is 0. The van der Waals surface area contributed by atoms with Crippen LogP contribution in [0.15, 0.2) is 58.1 Å². The summed E-state index contributed by atoms with van der Waals surface area (Å²) in [5.74, 6) is -1.32. The summed E-state index contributed by atoms with van der Waals surface area (Å²) in [6.45, 7) is 1.25. The van der Waals surface area contributed by atoms with Gasteiger partial charge < -0.3 is 5.11 Å². The third-order valence-corrected chi connectivity index (χ3v) is 4.17. The van der Waals surface area contributed by atoms with Crippen LogP contribution in [-0.4, -0.2) is 20.2 Å². The average molecular weight is 378 g/mol. The topological polar surface area (TPSA) is 81.3 Å². The van der Waals surface area contributed by atoms with E-state index in [1.807, 2.05) is 0 Å². The molecule has 1 heterocycles.